The molecule has 5 heteroatoms. The molecular formula is C15H22N4O. The Labute approximate surface area is 120 Å². The third-order valence-corrected chi connectivity index (χ3v) is 4.16. The lowest BCUT2D eigenvalue weighted by molar-refractivity contribution is -0.129. The van der Waals surface area contributed by atoms with Gasteiger partial charge >= 0.3 is 0 Å². The van der Waals surface area contributed by atoms with E-state index in [4.69, 9.17) is 0 Å². The van der Waals surface area contributed by atoms with Crippen LogP contribution in [0.2, 0.25) is 0 Å². The molecule has 3 heterocycles. The molecule has 1 amide bonds. The summed E-state index contributed by atoms with van der Waals surface area (Å²) >= 11 is 0. The highest BCUT2D eigenvalue weighted by Gasteiger charge is 2.35. The van der Waals surface area contributed by atoms with Gasteiger partial charge in [0, 0.05) is 38.6 Å². The molecule has 0 radical (unpaired) electrons. The summed E-state index contributed by atoms with van der Waals surface area (Å²) in [5.74, 6) is 0.325. The summed E-state index contributed by atoms with van der Waals surface area (Å²) in [6.07, 6.45) is 6.61. The van der Waals surface area contributed by atoms with Gasteiger partial charge in [-0.1, -0.05) is 6.92 Å². The fourth-order valence-electron chi connectivity index (χ4n) is 3.07. The van der Waals surface area contributed by atoms with E-state index in [2.05, 4.69) is 28.2 Å². The molecule has 2 aliphatic heterocycles. The molecule has 2 aliphatic rings. The normalized spacial score (nSPS) is 22.1. The molecule has 2 saturated heterocycles. The molecule has 20 heavy (non-hydrogen) atoms. The standard InChI is InChI=1S/C15H22N4O/c1-2-5-17-12-8-14(10-16-9-12)18-6-7-19-13(11-18)3-4-15(19)20/h8-10,13,17H,2-7,11H2,1H3. The van der Waals surface area contributed by atoms with E-state index in [-0.39, 0.29) is 0 Å². The molecule has 1 aromatic rings. The van der Waals surface area contributed by atoms with Gasteiger partial charge < -0.3 is 15.1 Å². The first-order chi connectivity index (χ1) is 9.78. The zero-order valence-electron chi connectivity index (χ0n) is 12.0. The minimum absolute atomic E-state index is 0.325. The average molecular weight is 274 g/mol. The highest BCUT2D eigenvalue weighted by atomic mass is 16.2. The number of carbonyl (C=O) groups is 1. The first kappa shape index (κ1) is 13.2. The van der Waals surface area contributed by atoms with Crippen molar-refractivity contribution in [1.29, 1.82) is 0 Å². The topological polar surface area (TPSA) is 48.5 Å². The van der Waals surface area contributed by atoms with Crippen molar-refractivity contribution in [1.82, 2.24) is 9.88 Å². The molecule has 1 atom stereocenters. The van der Waals surface area contributed by atoms with Crippen LogP contribution >= 0.6 is 0 Å². The molecule has 1 aromatic heterocycles. The van der Waals surface area contributed by atoms with Crippen LogP contribution in [0.3, 0.4) is 0 Å². The molecule has 0 spiro atoms. The van der Waals surface area contributed by atoms with E-state index >= 15 is 0 Å². The molecule has 3 rings (SSSR count). The number of hydrogen-bond acceptors (Lipinski definition) is 4. The maximum absolute atomic E-state index is 11.7. The van der Waals surface area contributed by atoms with E-state index in [0.29, 0.717) is 11.9 Å². The monoisotopic (exact) mass is 274 g/mol. The Morgan fingerprint density at radius 3 is 3.15 bits per heavy atom. The van der Waals surface area contributed by atoms with Gasteiger partial charge in [-0.25, -0.2) is 0 Å². The Kier molecular flexibility index (Phi) is 3.76. The van der Waals surface area contributed by atoms with Crippen LogP contribution in [0.15, 0.2) is 18.5 Å². The third-order valence-electron chi connectivity index (χ3n) is 4.16. The smallest absolute Gasteiger partial charge is 0.223 e. The van der Waals surface area contributed by atoms with Crippen molar-refractivity contribution >= 4 is 17.3 Å². The van der Waals surface area contributed by atoms with Crippen LogP contribution in [0.5, 0.6) is 0 Å². The highest BCUT2D eigenvalue weighted by molar-refractivity contribution is 5.79. The number of fused-ring (bicyclic) bond motifs is 1. The summed E-state index contributed by atoms with van der Waals surface area (Å²) in [7, 11) is 0. The van der Waals surface area contributed by atoms with E-state index in [1.807, 2.05) is 17.3 Å². The minimum Gasteiger partial charge on any atom is -0.384 e. The van der Waals surface area contributed by atoms with Crippen molar-refractivity contribution in [3.05, 3.63) is 18.5 Å². The van der Waals surface area contributed by atoms with Crippen molar-refractivity contribution in [2.45, 2.75) is 32.2 Å². The van der Waals surface area contributed by atoms with Gasteiger partial charge in [0.05, 0.1) is 23.8 Å². The molecule has 0 aromatic carbocycles. The molecule has 0 saturated carbocycles. The van der Waals surface area contributed by atoms with Gasteiger partial charge in [-0.3, -0.25) is 9.78 Å². The van der Waals surface area contributed by atoms with E-state index < -0.39 is 0 Å². The number of hydrogen-bond donors (Lipinski definition) is 1. The van der Waals surface area contributed by atoms with Crippen LogP contribution < -0.4 is 10.2 Å². The number of aromatic nitrogens is 1. The summed E-state index contributed by atoms with van der Waals surface area (Å²) in [5, 5.41) is 3.37. The molecular weight excluding hydrogens is 252 g/mol. The Morgan fingerprint density at radius 1 is 1.40 bits per heavy atom. The largest absolute Gasteiger partial charge is 0.384 e. The number of anilines is 2. The first-order valence-corrected chi connectivity index (χ1v) is 7.51. The van der Waals surface area contributed by atoms with Crippen molar-refractivity contribution in [3.63, 3.8) is 0 Å². The van der Waals surface area contributed by atoms with Gasteiger partial charge in [0.2, 0.25) is 5.91 Å². The summed E-state index contributed by atoms with van der Waals surface area (Å²) in [6, 6.07) is 2.55. The third kappa shape index (κ3) is 2.57. The minimum atomic E-state index is 0.325. The first-order valence-electron chi connectivity index (χ1n) is 7.51. The summed E-state index contributed by atoms with van der Waals surface area (Å²) < 4.78 is 0. The zero-order valence-corrected chi connectivity index (χ0v) is 12.0. The zero-order chi connectivity index (χ0) is 13.9. The lowest BCUT2D eigenvalue weighted by atomic mass is 10.1. The Balaban J connectivity index is 1.69. The van der Waals surface area contributed by atoms with Crippen LogP contribution in [0.1, 0.15) is 26.2 Å². The molecule has 0 bridgehead atoms. The lowest BCUT2D eigenvalue weighted by Crippen LogP contribution is -2.51. The Morgan fingerprint density at radius 2 is 2.30 bits per heavy atom. The van der Waals surface area contributed by atoms with Crippen LogP contribution in [0.4, 0.5) is 11.4 Å². The van der Waals surface area contributed by atoms with E-state index in [1.54, 1.807) is 0 Å². The quantitative estimate of drug-likeness (QED) is 0.908. The number of rotatable bonds is 4. The number of amides is 1. The van der Waals surface area contributed by atoms with Gasteiger partial charge in [-0.2, -0.15) is 0 Å². The lowest BCUT2D eigenvalue weighted by Gasteiger charge is -2.38. The summed E-state index contributed by atoms with van der Waals surface area (Å²) in [5.41, 5.74) is 2.24. The molecule has 1 unspecified atom stereocenters. The average Bonchev–Trinajstić information content (AvgIpc) is 2.86. The maximum Gasteiger partial charge on any atom is 0.223 e. The Hall–Kier alpha value is -1.78. The van der Waals surface area contributed by atoms with Gasteiger partial charge in [0.25, 0.3) is 0 Å². The fraction of sp³-hybridized carbons (Fsp3) is 0.600. The van der Waals surface area contributed by atoms with Crippen molar-refractivity contribution in [2.24, 2.45) is 0 Å². The van der Waals surface area contributed by atoms with Gasteiger partial charge in [-0.05, 0) is 18.9 Å². The predicted octanol–water partition coefficient (Wildman–Crippen LogP) is 1.71. The van der Waals surface area contributed by atoms with Crippen LogP contribution in [0.25, 0.3) is 0 Å². The molecule has 0 aliphatic carbocycles. The molecule has 1 N–H and O–H groups in total. The number of nitrogens with zero attached hydrogens (tertiary/aromatic N) is 3. The van der Waals surface area contributed by atoms with E-state index in [1.165, 1.54) is 0 Å². The molecule has 108 valence electrons. The number of pyridine rings is 1. The van der Waals surface area contributed by atoms with Gasteiger partial charge in [0.1, 0.15) is 0 Å². The fourth-order valence-corrected chi connectivity index (χ4v) is 3.07. The molecule has 2 fully saturated rings. The summed E-state index contributed by atoms with van der Waals surface area (Å²) in [6.45, 7) is 5.80. The van der Waals surface area contributed by atoms with Crippen molar-refractivity contribution in [3.8, 4) is 0 Å². The SMILES string of the molecule is CCCNc1cncc(N2CCN3C(=O)CCC3C2)c1. The number of nitrogens with one attached hydrogen (secondary N) is 1. The second-order valence-electron chi connectivity index (χ2n) is 5.58. The van der Waals surface area contributed by atoms with Crippen LogP contribution in [-0.2, 0) is 4.79 Å². The number of carbonyl (C=O) groups excluding carboxylic acids is 1. The highest BCUT2D eigenvalue weighted by Crippen LogP contribution is 2.27. The maximum atomic E-state index is 11.7. The second kappa shape index (κ2) is 5.69. The van der Waals surface area contributed by atoms with E-state index in [9.17, 15) is 4.79 Å². The second-order valence-corrected chi connectivity index (χ2v) is 5.58. The number of piperazine rings is 1. The van der Waals surface area contributed by atoms with Crippen LogP contribution in [-0.4, -0.2) is 48.0 Å². The predicted molar refractivity (Wildman–Crippen MR) is 80.0 cm³/mol. The van der Waals surface area contributed by atoms with E-state index in [0.717, 1.165) is 56.8 Å². The molecule has 5 nitrogen and oxygen atoms in total. The van der Waals surface area contributed by atoms with Crippen molar-refractivity contribution in [2.75, 3.05) is 36.4 Å². The van der Waals surface area contributed by atoms with Crippen molar-refractivity contribution < 1.29 is 4.79 Å². The van der Waals surface area contributed by atoms with Crippen LogP contribution in [0, 0.1) is 0 Å². The van der Waals surface area contributed by atoms with Gasteiger partial charge in [0.15, 0.2) is 0 Å². The Bertz CT molecular complexity index is 491. The van der Waals surface area contributed by atoms with Gasteiger partial charge in [-0.15, -0.1) is 0 Å². The summed E-state index contributed by atoms with van der Waals surface area (Å²) in [4.78, 5) is 20.4.